The van der Waals surface area contributed by atoms with Gasteiger partial charge in [-0.1, -0.05) is 18.2 Å². The summed E-state index contributed by atoms with van der Waals surface area (Å²) in [6.45, 7) is 5.66. The third kappa shape index (κ3) is 8.27. The number of likely N-dealkylation sites (tertiary alicyclic amines) is 1. The second kappa shape index (κ2) is 12.2. The van der Waals surface area contributed by atoms with Gasteiger partial charge in [0.25, 0.3) is 9.84 Å². The fourth-order valence-corrected chi connectivity index (χ4v) is 6.74. The Morgan fingerprint density at radius 3 is 2.35 bits per heavy atom. The van der Waals surface area contributed by atoms with E-state index in [1.165, 1.54) is 11.8 Å². The summed E-state index contributed by atoms with van der Waals surface area (Å²) in [4.78, 5) is 13.2. The zero-order chi connectivity index (χ0) is 29.9. The molecule has 2 aromatic carbocycles. The Morgan fingerprint density at radius 2 is 1.77 bits per heavy atom. The maximum Gasteiger partial charge on any atom is 0.501 e. The predicted molar refractivity (Wildman–Crippen MR) is 146 cm³/mol. The molecule has 0 spiro atoms. The summed E-state index contributed by atoms with van der Waals surface area (Å²) in [5.74, 6) is 0.297. The Balaban J connectivity index is 1.98. The van der Waals surface area contributed by atoms with E-state index in [1.54, 1.807) is 25.7 Å². The number of nitrogens with two attached hydrogens (primary N) is 1. The largest absolute Gasteiger partial charge is 0.501 e. The molecule has 3 N–H and O–H groups in total. The van der Waals surface area contributed by atoms with Gasteiger partial charge in [0.15, 0.2) is 0 Å². The highest BCUT2D eigenvalue weighted by Gasteiger charge is 2.48. The molecule has 1 saturated heterocycles. The number of thioether (sulfide) groups is 1. The van der Waals surface area contributed by atoms with E-state index in [-0.39, 0.29) is 12.5 Å². The smallest absolute Gasteiger partial charge is 0.444 e. The van der Waals surface area contributed by atoms with Crippen LogP contribution in [0.5, 0.6) is 0 Å². The van der Waals surface area contributed by atoms with Gasteiger partial charge in [-0.15, -0.1) is 11.8 Å². The molecule has 1 aliphatic rings. The van der Waals surface area contributed by atoms with Crippen molar-refractivity contribution in [3.05, 3.63) is 48.5 Å². The van der Waals surface area contributed by atoms with Crippen LogP contribution in [0, 0.1) is 0 Å². The summed E-state index contributed by atoms with van der Waals surface area (Å²) >= 11 is 1.39. The van der Waals surface area contributed by atoms with Gasteiger partial charge in [0.05, 0.1) is 10.6 Å². The molecule has 0 radical (unpaired) electrons. The number of sulfone groups is 1. The van der Waals surface area contributed by atoms with Gasteiger partial charge in [0.2, 0.25) is 10.0 Å². The molecular weight excluding hydrogens is 591 g/mol. The summed E-state index contributed by atoms with van der Waals surface area (Å²) in [7, 11) is -10.4. The highest BCUT2D eigenvalue weighted by molar-refractivity contribution is 7.99. The first-order chi connectivity index (χ1) is 18.4. The van der Waals surface area contributed by atoms with Gasteiger partial charge < -0.3 is 15.0 Å². The van der Waals surface area contributed by atoms with Crippen LogP contribution in [-0.4, -0.2) is 63.3 Å². The number of hydrogen-bond donors (Lipinski definition) is 2. The maximum atomic E-state index is 13.6. The van der Waals surface area contributed by atoms with Crippen LogP contribution in [0.2, 0.25) is 0 Å². The number of ether oxygens (including phenoxy) is 1. The monoisotopic (exact) mass is 623 g/mol. The minimum atomic E-state index is -5.95. The number of hydrogen-bond acceptors (Lipinski definition) is 8. The molecule has 40 heavy (non-hydrogen) atoms. The molecule has 0 bridgehead atoms. The molecule has 222 valence electrons. The second-order valence-electron chi connectivity index (χ2n) is 10.3. The van der Waals surface area contributed by atoms with E-state index in [0.717, 1.165) is 17.0 Å². The zero-order valence-electron chi connectivity index (χ0n) is 22.1. The van der Waals surface area contributed by atoms with E-state index >= 15 is 0 Å². The summed E-state index contributed by atoms with van der Waals surface area (Å²) < 4.78 is 94.8. The van der Waals surface area contributed by atoms with Crippen LogP contribution in [-0.2, 0) is 24.6 Å². The van der Waals surface area contributed by atoms with Crippen molar-refractivity contribution in [1.82, 2.24) is 4.90 Å². The van der Waals surface area contributed by atoms with Crippen molar-refractivity contribution in [2.75, 3.05) is 17.6 Å². The van der Waals surface area contributed by atoms with Crippen molar-refractivity contribution in [3.63, 3.8) is 0 Å². The lowest BCUT2D eigenvalue weighted by molar-refractivity contribution is -0.0436. The number of carbonyl (C=O) groups is 1. The number of halogens is 3. The van der Waals surface area contributed by atoms with Crippen LogP contribution in [0.1, 0.15) is 40.0 Å². The van der Waals surface area contributed by atoms with Crippen LogP contribution in [0.4, 0.5) is 23.7 Å². The Bertz CT molecular complexity index is 1410. The number of anilines is 1. The highest BCUT2D eigenvalue weighted by atomic mass is 32.2. The number of primary sulfonamides is 1. The van der Waals surface area contributed by atoms with Crippen molar-refractivity contribution in [2.45, 2.75) is 77.9 Å². The summed E-state index contributed by atoms with van der Waals surface area (Å²) in [6, 6.07) is 10.5. The molecule has 2 atom stereocenters. The minimum Gasteiger partial charge on any atom is -0.444 e. The molecule has 15 heteroatoms. The molecule has 0 saturated carbocycles. The molecule has 9 nitrogen and oxygen atoms in total. The minimum absolute atomic E-state index is 0.265. The van der Waals surface area contributed by atoms with Crippen LogP contribution in [0.3, 0.4) is 0 Å². The first-order valence-electron chi connectivity index (χ1n) is 12.3. The molecule has 0 unspecified atom stereocenters. The van der Waals surface area contributed by atoms with Gasteiger partial charge in [-0.05, 0) is 70.4 Å². The van der Waals surface area contributed by atoms with Gasteiger partial charge in [-0.2, -0.15) is 13.2 Å². The number of amides is 1. The fourth-order valence-electron chi connectivity index (χ4n) is 4.22. The second-order valence-corrected chi connectivity index (χ2v) is 14.9. The van der Waals surface area contributed by atoms with Gasteiger partial charge in [-0.3, -0.25) is 0 Å². The lowest BCUT2D eigenvalue weighted by Gasteiger charge is -2.31. The molecule has 3 rings (SSSR count). The number of nitrogens with zero attached hydrogens (tertiary/aromatic N) is 1. The standard InChI is InChI=1S/C25H32F3N3O6S3/c1-24(2,3)37-23(32)31-13-7-8-18(31)14-17(16-38-19-9-5-4-6-10-19)30-21-12-11-20(40(29,35)36)15-22(21)39(33,34)25(26,27)28/h4-6,9-12,15,17-18,30H,7-8,13-14,16H2,1-3H3,(H2,29,35,36)/t17-,18+/m1/s1. The fraction of sp³-hybridized carbons (Fsp3) is 0.480. The van der Waals surface area contributed by atoms with Crippen molar-refractivity contribution in [1.29, 1.82) is 0 Å². The van der Waals surface area contributed by atoms with E-state index in [1.807, 2.05) is 30.3 Å². The highest BCUT2D eigenvalue weighted by Crippen LogP contribution is 2.37. The molecular formula is C25H32F3N3O6S3. The van der Waals surface area contributed by atoms with Crippen molar-refractivity contribution in [3.8, 4) is 0 Å². The summed E-state index contributed by atoms with van der Waals surface area (Å²) in [5, 5.41) is 7.96. The Kier molecular flexibility index (Phi) is 9.74. The third-order valence-corrected chi connectivity index (χ3v) is 9.60. The van der Waals surface area contributed by atoms with E-state index in [9.17, 15) is 34.8 Å². The van der Waals surface area contributed by atoms with Crippen molar-refractivity contribution in [2.24, 2.45) is 5.14 Å². The molecule has 0 aliphatic carbocycles. The quantitative estimate of drug-likeness (QED) is 0.373. The number of sulfonamides is 1. The van der Waals surface area contributed by atoms with E-state index in [0.29, 0.717) is 31.2 Å². The number of rotatable bonds is 9. The van der Waals surface area contributed by atoms with Gasteiger partial charge in [0.1, 0.15) is 10.5 Å². The average molecular weight is 624 g/mol. The molecule has 1 aliphatic heterocycles. The summed E-state index contributed by atoms with van der Waals surface area (Å²) in [5.41, 5.74) is -6.84. The lowest BCUT2D eigenvalue weighted by Crippen LogP contribution is -2.42. The van der Waals surface area contributed by atoms with Crippen molar-refractivity contribution >= 4 is 43.4 Å². The molecule has 1 heterocycles. The molecule has 1 amide bonds. The number of nitrogens with one attached hydrogen (secondary N) is 1. The van der Waals surface area contributed by atoms with Crippen LogP contribution in [0.15, 0.2) is 63.2 Å². The summed E-state index contributed by atoms with van der Waals surface area (Å²) in [6.07, 6.45) is 1.06. The number of carbonyl (C=O) groups excluding carboxylic acids is 1. The predicted octanol–water partition coefficient (Wildman–Crippen LogP) is 4.99. The van der Waals surface area contributed by atoms with Gasteiger partial charge >= 0.3 is 11.6 Å². The van der Waals surface area contributed by atoms with Crippen LogP contribution in [0.25, 0.3) is 0 Å². The maximum absolute atomic E-state index is 13.6. The third-order valence-electron chi connectivity index (χ3n) is 5.99. The lowest BCUT2D eigenvalue weighted by atomic mass is 10.1. The van der Waals surface area contributed by atoms with E-state index in [2.05, 4.69) is 5.32 Å². The molecule has 2 aromatic rings. The average Bonchev–Trinajstić information content (AvgIpc) is 3.29. The Morgan fingerprint density at radius 1 is 1.12 bits per heavy atom. The Hall–Kier alpha value is -2.49. The van der Waals surface area contributed by atoms with Gasteiger partial charge in [-0.25, -0.2) is 26.8 Å². The first kappa shape index (κ1) is 32.0. The van der Waals surface area contributed by atoms with E-state index in [4.69, 9.17) is 9.88 Å². The van der Waals surface area contributed by atoms with Crippen molar-refractivity contribution < 1.29 is 39.5 Å². The SMILES string of the molecule is CC(C)(C)OC(=O)N1CCC[C@H]1C[C@H](CSc1ccccc1)Nc1ccc(S(N)(=O)=O)cc1S(=O)(=O)C(F)(F)F. The normalized spacial score (nSPS) is 17.5. The number of benzene rings is 2. The van der Waals surface area contributed by atoms with E-state index < -0.39 is 58.6 Å². The van der Waals surface area contributed by atoms with Crippen LogP contribution >= 0.6 is 11.8 Å². The molecule has 1 fully saturated rings. The zero-order valence-corrected chi connectivity index (χ0v) is 24.6. The number of alkyl halides is 3. The topological polar surface area (TPSA) is 136 Å². The van der Waals surface area contributed by atoms with Gasteiger partial charge in [0, 0.05) is 29.3 Å². The Labute approximate surface area is 236 Å². The first-order valence-corrected chi connectivity index (χ1v) is 16.3. The molecule has 0 aromatic heterocycles. The van der Waals surface area contributed by atoms with Crippen LogP contribution < -0.4 is 10.5 Å².